The molecule has 6 heteroatoms. The summed E-state index contributed by atoms with van der Waals surface area (Å²) in [4.78, 5) is 23.7. The van der Waals surface area contributed by atoms with Crippen LogP contribution in [0.3, 0.4) is 0 Å². The van der Waals surface area contributed by atoms with E-state index >= 15 is 0 Å². The Labute approximate surface area is 213 Å². The lowest BCUT2D eigenvalue weighted by Crippen LogP contribution is -2.51. The Balaban J connectivity index is 1.12. The Morgan fingerprint density at radius 1 is 0.972 bits per heavy atom. The summed E-state index contributed by atoms with van der Waals surface area (Å²) in [6, 6.07) is 15.2. The average Bonchev–Trinajstić information content (AvgIpc) is 3.63. The first kappa shape index (κ1) is 23.2. The van der Waals surface area contributed by atoms with Gasteiger partial charge in [-0.1, -0.05) is 25.0 Å². The number of carbonyl (C=O) groups is 1. The van der Waals surface area contributed by atoms with Crippen molar-refractivity contribution in [2.24, 2.45) is 0 Å². The quantitative estimate of drug-likeness (QED) is 0.543. The third-order valence-electron chi connectivity index (χ3n) is 8.36. The topological polar surface area (TPSA) is 51.8 Å². The summed E-state index contributed by atoms with van der Waals surface area (Å²) in [5.74, 6) is 1.04. The fourth-order valence-corrected chi connectivity index (χ4v) is 6.21. The lowest BCUT2D eigenvalue weighted by Gasteiger charge is -2.38. The summed E-state index contributed by atoms with van der Waals surface area (Å²) in [7, 11) is 1.70. The maximum Gasteiger partial charge on any atom is 0.254 e. The van der Waals surface area contributed by atoms with E-state index in [4.69, 9.17) is 4.74 Å². The summed E-state index contributed by atoms with van der Waals surface area (Å²) >= 11 is 0. The van der Waals surface area contributed by atoms with Gasteiger partial charge in [-0.3, -0.25) is 9.69 Å². The normalized spacial score (nSPS) is 19.6. The number of aromatic nitrogens is 1. The number of methoxy groups -OCH3 is 1. The summed E-state index contributed by atoms with van der Waals surface area (Å²) in [6.07, 6.45) is 10.8. The van der Waals surface area contributed by atoms with Crippen LogP contribution in [0.25, 0.3) is 16.5 Å². The van der Waals surface area contributed by atoms with Crippen LogP contribution in [0, 0.1) is 0 Å². The predicted octanol–water partition coefficient (Wildman–Crippen LogP) is 5.17. The first-order valence-corrected chi connectivity index (χ1v) is 13.4. The van der Waals surface area contributed by atoms with Gasteiger partial charge in [-0.2, -0.15) is 0 Å². The van der Waals surface area contributed by atoms with Crippen LogP contribution in [0.5, 0.6) is 5.75 Å². The molecule has 0 bridgehead atoms. The molecule has 6 rings (SSSR count). The van der Waals surface area contributed by atoms with Crippen molar-refractivity contribution in [1.82, 2.24) is 14.8 Å². The van der Waals surface area contributed by atoms with E-state index in [-0.39, 0.29) is 5.91 Å². The summed E-state index contributed by atoms with van der Waals surface area (Å²) < 4.78 is 5.28. The van der Waals surface area contributed by atoms with Crippen LogP contribution in [0.2, 0.25) is 0 Å². The van der Waals surface area contributed by atoms with Crippen molar-refractivity contribution in [1.29, 1.82) is 0 Å². The first-order chi connectivity index (χ1) is 17.7. The Morgan fingerprint density at radius 3 is 2.44 bits per heavy atom. The van der Waals surface area contributed by atoms with Crippen LogP contribution < -0.4 is 9.64 Å². The van der Waals surface area contributed by atoms with Gasteiger partial charge in [0.15, 0.2) is 0 Å². The summed E-state index contributed by atoms with van der Waals surface area (Å²) in [6.45, 7) is 5.55. The molecule has 1 saturated carbocycles. The van der Waals surface area contributed by atoms with Crippen LogP contribution in [-0.2, 0) is 0 Å². The molecule has 0 spiro atoms. The largest absolute Gasteiger partial charge is 0.497 e. The number of nitrogens with zero attached hydrogens (tertiary/aromatic N) is 3. The van der Waals surface area contributed by atoms with Crippen molar-refractivity contribution >= 4 is 28.1 Å². The van der Waals surface area contributed by atoms with Gasteiger partial charge >= 0.3 is 0 Å². The van der Waals surface area contributed by atoms with E-state index in [1.807, 2.05) is 29.2 Å². The number of fused-ring (bicyclic) bond motifs is 1. The number of ether oxygens (including phenoxy) is 1. The number of hydrogen-bond donors (Lipinski definition) is 1. The molecule has 6 nitrogen and oxygen atoms in total. The van der Waals surface area contributed by atoms with Crippen LogP contribution >= 0.6 is 0 Å². The van der Waals surface area contributed by atoms with Gasteiger partial charge in [0.2, 0.25) is 0 Å². The van der Waals surface area contributed by atoms with Crippen LogP contribution in [0.15, 0.2) is 54.7 Å². The Morgan fingerprint density at radius 2 is 1.75 bits per heavy atom. The number of carbonyl (C=O) groups excluding carboxylic acids is 1. The summed E-state index contributed by atoms with van der Waals surface area (Å²) in [5.41, 5.74) is 5.67. The molecule has 2 aromatic carbocycles. The Kier molecular flexibility index (Phi) is 6.45. The third-order valence-corrected chi connectivity index (χ3v) is 8.36. The van der Waals surface area contributed by atoms with Crippen molar-refractivity contribution in [3.05, 3.63) is 65.9 Å². The van der Waals surface area contributed by atoms with Gasteiger partial charge in [0.1, 0.15) is 5.75 Å². The zero-order valence-corrected chi connectivity index (χ0v) is 21.2. The SMILES string of the molecule is COc1ccc(N2CC=C(c3c[nH]c4cc(C(=O)N5CCN(C6CCCC6)CC5)ccc34)CC2)cc1. The Hall–Kier alpha value is -3.25. The molecule has 188 valence electrons. The molecule has 3 heterocycles. The number of amides is 1. The second-order valence-corrected chi connectivity index (χ2v) is 10.4. The van der Waals surface area contributed by atoms with Crippen molar-refractivity contribution in [2.75, 3.05) is 51.3 Å². The van der Waals surface area contributed by atoms with E-state index in [2.05, 4.69) is 45.3 Å². The average molecular weight is 485 g/mol. The van der Waals surface area contributed by atoms with Crippen molar-refractivity contribution in [3.63, 3.8) is 0 Å². The number of benzene rings is 2. The number of rotatable bonds is 5. The van der Waals surface area contributed by atoms with Gasteiger partial charge in [0.25, 0.3) is 5.91 Å². The molecule has 0 unspecified atom stereocenters. The Bertz CT molecular complexity index is 1250. The van der Waals surface area contributed by atoms with Crippen molar-refractivity contribution in [2.45, 2.75) is 38.1 Å². The number of nitrogens with one attached hydrogen (secondary N) is 1. The van der Waals surface area contributed by atoms with Gasteiger partial charge in [0.05, 0.1) is 7.11 Å². The first-order valence-electron chi connectivity index (χ1n) is 13.4. The van der Waals surface area contributed by atoms with Gasteiger partial charge < -0.3 is 19.5 Å². The zero-order valence-electron chi connectivity index (χ0n) is 21.2. The molecular weight excluding hydrogens is 448 g/mol. The van der Waals surface area contributed by atoms with E-state index in [0.29, 0.717) is 0 Å². The fraction of sp³-hybridized carbons (Fsp3) is 0.433. The zero-order chi connectivity index (χ0) is 24.5. The molecule has 1 aromatic heterocycles. The highest BCUT2D eigenvalue weighted by Crippen LogP contribution is 2.32. The number of piperazine rings is 1. The standard InChI is InChI=1S/C30H36N4O2/c1-36-26-9-7-25(8-10-26)32-14-12-22(13-15-32)28-21-31-29-20-23(6-11-27(28)29)30(35)34-18-16-33(17-19-34)24-4-2-3-5-24/h6-12,20-21,24,31H,2-5,13-19H2,1H3. The van der Waals surface area contributed by atoms with Crippen LogP contribution in [-0.4, -0.2) is 73.1 Å². The number of aromatic amines is 1. The third kappa shape index (κ3) is 4.50. The predicted molar refractivity (Wildman–Crippen MR) is 146 cm³/mol. The van der Waals surface area contributed by atoms with Gasteiger partial charge in [-0.15, -0.1) is 0 Å². The minimum atomic E-state index is 0.158. The highest BCUT2D eigenvalue weighted by molar-refractivity contribution is 6.00. The second kappa shape index (κ2) is 10.0. The van der Waals surface area contributed by atoms with Crippen LogP contribution in [0.4, 0.5) is 5.69 Å². The molecule has 3 aliphatic rings. The number of hydrogen-bond acceptors (Lipinski definition) is 4. The minimum absolute atomic E-state index is 0.158. The van der Waals surface area contributed by atoms with E-state index < -0.39 is 0 Å². The lowest BCUT2D eigenvalue weighted by atomic mass is 9.98. The van der Waals surface area contributed by atoms with E-state index in [0.717, 1.165) is 68.6 Å². The number of anilines is 1. The minimum Gasteiger partial charge on any atom is -0.497 e. The van der Waals surface area contributed by atoms with E-state index in [1.165, 1.54) is 47.9 Å². The highest BCUT2D eigenvalue weighted by Gasteiger charge is 2.28. The van der Waals surface area contributed by atoms with E-state index in [9.17, 15) is 4.79 Å². The molecule has 1 saturated heterocycles. The molecule has 2 fully saturated rings. The molecule has 1 N–H and O–H groups in total. The van der Waals surface area contributed by atoms with Gasteiger partial charge in [-0.25, -0.2) is 0 Å². The highest BCUT2D eigenvalue weighted by atomic mass is 16.5. The molecule has 1 amide bonds. The van der Waals surface area contributed by atoms with Crippen molar-refractivity contribution < 1.29 is 9.53 Å². The monoisotopic (exact) mass is 484 g/mol. The molecule has 1 aliphatic carbocycles. The molecule has 36 heavy (non-hydrogen) atoms. The second-order valence-electron chi connectivity index (χ2n) is 10.4. The molecule has 3 aromatic rings. The fourth-order valence-electron chi connectivity index (χ4n) is 6.21. The maximum absolute atomic E-state index is 13.3. The van der Waals surface area contributed by atoms with Gasteiger partial charge in [-0.05, 0) is 61.2 Å². The maximum atomic E-state index is 13.3. The van der Waals surface area contributed by atoms with E-state index in [1.54, 1.807) is 7.11 Å². The van der Waals surface area contributed by atoms with Crippen LogP contribution in [0.1, 0.15) is 48.0 Å². The molecule has 0 atom stereocenters. The molecule has 0 radical (unpaired) electrons. The smallest absolute Gasteiger partial charge is 0.254 e. The lowest BCUT2D eigenvalue weighted by molar-refractivity contribution is 0.0573. The summed E-state index contributed by atoms with van der Waals surface area (Å²) in [5, 5.41) is 1.20. The number of H-pyrrole nitrogens is 1. The van der Waals surface area contributed by atoms with Gasteiger partial charge in [0, 0.05) is 79.2 Å². The molecular formula is C30H36N4O2. The van der Waals surface area contributed by atoms with Crippen molar-refractivity contribution in [3.8, 4) is 5.75 Å². The molecule has 2 aliphatic heterocycles.